The number of nitrogens with one attached hydrogen (secondary N) is 1. The van der Waals surface area contributed by atoms with E-state index in [-0.39, 0.29) is 30.0 Å². The highest BCUT2D eigenvalue weighted by Gasteiger charge is 2.81. The smallest absolute Gasteiger partial charge is 0.338 e. The van der Waals surface area contributed by atoms with Gasteiger partial charge in [0.1, 0.15) is 12.2 Å². The van der Waals surface area contributed by atoms with Crippen molar-refractivity contribution in [2.75, 3.05) is 27.6 Å². The first-order chi connectivity index (χ1) is 17.4. The predicted molar refractivity (Wildman–Crippen MR) is 122 cm³/mol. The van der Waals surface area contributed by atoms with E-state index in [0.29, 0.717) is 30.9 Å². The topological polar surface area (TPSA) is 125 Å². The van der Waals surface area contributed by atoms with Gasteiger partial charge in [0.2, 0.25) is 12.6 Å². The summed E-state index contributed by atoms with van der Waals surface area (Å²) < 4.78 is 35.1. The van der Waals surface area contributed by atoms with Crippen molar-refractivity contribution in [3.05, 3.63) is 47.0 Å². The van der Waals surface area contributed by atoms with Crippen LogP contribution in [0.4, 0.5) is 0 Å². The molecular formula is C26H27NO9. The van der Waals surface area contributed by atoms with Crippen LogP contribution in [-0.2, 0) is 19.6 Å². The SMILES string of the molecule is COc1cc(C(=O)O[C@H]2C[C@@]34CCN[C@@]35C[C@H](O[C@]5(OC)[C@@H]2O)c2cc3c(cc24)OCO3)ccc1O. The van der Waals surface area contributed by atoms with Crippen molar-refractivity contribution >= 4 is 5.97 Å². The van der Waals surface area contributed by atoms with E-state index in [1.165, 1.54) is 32.4 Å². The van der Waals surface area contributed by atoms with Gasteiger partial charge in [0.05, 0.1) is 24.3 Å². The zero-order chi connectivity index (χ0) is 24.9. The molecule has 3 aliphatic heterocycles. The summed E-state index contributed by atoms with van der Waals surface area (Å²) in [5.74, 6) is -0.665. The van der Waals surface area contributed by atoms with E-state index >= 15 is 0 Å². The number of rotatable bonds is 4. The first-order valence-electron chi connectivity index (χ1n) is 12.1. The quantitative estimate of drug-likeness (QED) is 0.540. The molecule has 3 fully saturated rings. The van der Waals surface area contributed by atoms with Crippen LogP contribution < -0.4 is 19.5 Å². The molecule has 190 valence electrons. The summed E-state index contributed by atoms with van der Waals surface area (Å²) in [5.41, 5.74) is 0.988. The van der Waals surface area contributed by atoms with E-state index in [1.807, 2.05) is 12.1 Å². The van der Waals surface area contributed by atoms with E-state index < -0.39 is 34.9 Å². The van der Waals surface area contributed by atoms with Crippen LogP contribution in [0.25, 0.3) is 0 Å². The van der Waals surface area contributed by atoms with Crippen molar-refractivity contribution in [3.63, 3.8) is 0 Å². The number of carbonyl (C=O) groups excluding carboxylic acids is 1. The minimum Gasteiger partial charge on any atom is -0.504 e. The number of methoxy groups -OCH3 is 2. The molecule has 7 rings (SSSR count). The Kier molecular flexibility index (Phi) is 4.47. The summed E-state index contributed by atoms with van der Waals surface area (Å²) in [7, 11) is 2.93. The summed E-state index contributed by atoms with van der Waals surface area (Å²) in [5, 5.41) is 25.2. The number of phenols is 1. The Hall–Kier alpha value is -3.05. The molecule has 3 N–H and O–H groups in total. The molecule has 6 atom stereocenters. The van der Waals surface area contributed by atoms with Crippen LogP contribution in [0.1, 0.15) is 46.9 Å². The molecule has 3 heterocycles. The second-order valence-electron chi connectivity index (χ2n) is 10.1. The van der Waals surface area contributed by atoms with Gasteiger partial charge in [-0.25, -0.2) is 4.79 Å². The molecule has 0 radical (unpaired) electrons. The lowest BCUT2D eigenvalue weighted by molar-refractivity contribution is -0.322. The molecule has 0 unspecified atom stereocenters. The second kappa shape index (κ2) is 7.25. The molecule has 1 saturated carbocycles. The number of esters is 1. The van der Waals surface area contributed by atoms with Crippen LogP contribution >= 0.6 is 0 Å². The molecule has 1 spiro atoms. The zero-order valence-corrected chi connectivity index (χ0v) is 19.9. The number of hydrogen-bond donors (Lipinski definition) is 3. The number of aliphatic hydroxyl groups is 1. The Labute approximate surface area is 207 Å². The van der Waals surface area contributed by atoms with Crippen molar-refractivity contribution in [2.24, 2.45) is 0 Å². The van der Waals surface area contributed by atoms with Crippen molar-refractivity contribution < 1.29 is 43.4 Å². The highest BCUT2D eigenvalue weighted by molar-refractivity contribution is 5.90. The lowest BCUT2D eigenvalue weighted by Gasteiger charge is -2.59. The number of hydrogen-bond acceptors (Lipinski definition) is 10. The Morgan fingerprint density at radius 1 is 1.14 bits per heavy atom. The van der Waals surface area contributed by atoms with Gasteiger partial charge >= 0.3 is 5.97 Å². The monoisotopic (exact) mass is 497 g/mol. The maximum absolute atomic E-state index is 13.2. The summed E-state index contributed by atoms with van der Waals surface area (Å²) in [6, 6.07) is 8.22. The molecule has 2 aromatic carbocycles. The van der Waals surface area contributed by atoms with Crippen LogP contribution in [0.2, 0.25) is 0 Å². The molecule has 0 amide bonds. The lowest BCUT2D eigenvalue weighted by Crippen LogP contribution is -2.77. The number of aliphatic hydroxyl groups excluding tert-OH is 1. The highest BCUT2D eigenvalue weighted by atomic mass is 16.7. The van der Waals surface area contributed by atoms with Gasteiger partial charge in [-0.05, 0) is 60.8 Å². The Morgan fingerprint density at radius 3 is 2.72 bits per heavy atom. The molecular weight excluding hydrogens is 470 g/mol. The molecule has 10 heteroatoms. The van der Waals surface area contributed by atoms with Crippen LogP contribution in [0, 0.1) is 0 Å². The molecule has 2 saturated heterocycles. The number of phenolic OH excluding ortho intramolecular Hbond substituents is 1. The number of aromatic hydroxyl groups is 1. The molecule has 10 nitrogen and oxygen atoms in total. The van der Waals surface area contributed by atoms with Crippen LogP contribution in [0.3, 0.4) is 0 Å². The fourth-order valence-corrected chi connectivity index (χ4v) is 7.41. The van der Waals surface area contributed by atoms with Gasteiger partial charge in [-0.15, -0.1) is 0 Å². The third-order valence-electron chi connectivity index (χ3n) is 8.87. The fraction of sp³-hybridized carbons (Fsp3) is 0.500. The van der Waals surface area contributed by atoms with Crippen molar-refractivity contribution in [1.29, 1.82) is 0 Å². The van der Waals surface area contributed by atoms with E-state index in [1.54, 1.807) is 0 Å². The average Bonchev–Trinajstić information content (AvgIpc) is 3.59. The Bertz CT molecular complexity index is 1280. The Morgan fingerprint density at radius 2 is 1.94 bits per heavy atom. The summed E-state index contributed by atoms with van der Waals surface area (Å²) >= 11 is 0. The summed E-state index contributed by atoms with van der Waals surface area (Å²) in [6.07, 6.45) is -0.771. The Balaban J connectivity index is 1.33. The lowest BCUT2D eigenvalue weighted by atomic mass is 9.51. The number of fused-ring (bicyclic) bond motifs is 4. The van der Waals surface area contributed by atoms with Gasteiger partial charge in [-0.2, -0.15) is 0 Å². The van der Waals surface area contributed by atoms with Crippen LogP contribution in [0.5, 0.6) is 23.0 Å². The largest absolute Gasteiger partial charge is 0.504 e. The van der Waals surface area contributed by atoms with Gasteiger partial charge in [-0.1, -0.05) is 0 Å². The van der Waals surface area contributed by atoms with Crippen LogP contribution in [-0.4, -0.2) is 67.3 Å². The maximum atomic E-state index is 13.2. The molecule has 2 aliphatic carbocycles. The number of benzene rings is 2. The van der Waals surface area contributed by atoms with E-state index in [0.717, 1.165) is 17.5 Å². The van der Waals surface area contributed by atoms with Gasteiger partial charge < -0.3 is 44.0 Å². The minimum absolute atomic E-state index is 0.0857. The minimum atomic E-state index is -1.44. The predicted octanol–water partition coefficient (Wildman–Crippen LogP) is 1.91. The van der Waals surface area contributed by atoms with Gasteiger partial charge in [0.25, 0.3) is 0 Å². The standard InChI is InChI=1S/C26H27NO9/c1-31-17-7-13(3-4-16(17)28)23(30)35-21-10-24-5-6-27-25(24)11-20(36-26(25,32-2)22(21)29)14-8-18-19(9-15(14)24)34-12-33-18/h3-4,7-9,20-22,27-29H,5-6,10-12H2,1-2H3/t20-,21-,22+,24+,25-,26+/m0/s1. The summed E-state index contributed by atoms with van der Waals surface area (Å²) in [4.78, 5) is 13.2. The molecule has 2 bridgehead atoms. The third kappa shape index (κ3) is 2.47. The molecule has 5 aliphatic rings. The number of ether oxygens (including phenoxy) is 6. The zero-order valence-electron chi connectivity index (χ0n) is 19.9. The van der Waals surface area contributed by atoms with Gasteiger partial charge in [0, 0.05) is 18.9 Å². The van der Waals surface area contributed by atoms with Crippen molar-refractivity contribution in [3.8, 4) is 23.0 Å². The first-order valence-corrected chi connectivity index (χ1v) is 12.1. The average molecular weight is 498 g/mol. The summed E-state index contributed by atoms with van der Waals surface area (Å²) in [6.45, 7) is 0.856. The van der Waals surface area contributed by atoms with Gasteiger partial charge in [0.15, 0.2) is 23.0 Å². The number of carbonyl (C=O) groups is 1. The second-order valence-corrected chi connectivity index (χ2v) is 10.1. The third-order valence-corrected chi connectivity index (χ3v) is 8.87. The molecule has 0 aromatic heterocycles. The molecule has 36 heavy (non-hydrogen) atoms. The van der Waals surface area contributed by atoms with Crippen LogP contribution in [0.15, 0.2) is 30.3 Å². The normalized spacial score (nSPS) is 36.8. The highest BCUT2D eigenvalue weighted by Crippen LogP contribution is 2.70. The van der Waals surface area contributed by atoms with E-state index in [4.69, 9.17) is 28.4 Å². The van der Waals surface area contributed by atoms with Crippen molar-refractivity contribution in [2.45, 2.75) is 54.3 Å². The fourth-order valence-electron chi connectivity index (χ4n) is 7.41. The first kappa shape index (κ1) is 22.2. The van der Waals surface area contributed by atoms with E-state index in [2.05, 4.69) is 5.32 Å². The molecule has 2 aromatic rings. The van der Waals surface area contributed by atoms with E-state index in [9.17, 15) is 15.0 Å². The van der Waals surface area contributed by atoms with Gasteiger partial charge in [-0.3, -0.25) is 0 Å². The van der Waals surface area contributed by atoms with Crippen molar-refractivity contribution in [1.82, 2.24) is 5.32 Å². The maximum Gasteiger partial charge on any atom is 0.338 e.